The van der Waals surface area contributed by atoms with E-state index in [0.29, 0.717) is 17.8 Å². The second kappa shape index (κ2) is 5.76. The molecule has 3 atom stereocenters. The Labute approximate surface area is 135 Å². The van der Waals surface area contributed by atoms with Crippen molar-refractivity contribution in [1.82, 2.24) is 25.5 Å². The molecule has 0 aliphatic heterocycles. The van der Waals surface area contributed by atoms with Crippen LogP contribution in [0.15, 0.2) is 24.3 Å². The first-order chi connectivity index (χ1) is 11.2. The van der Waals surface area contributed by atoms with E-state index >= 15 is 0 Å². The summed E-state index contributed by atoms with van der Waals surface area (Å²) in [4.78, 5) is 13.6. The quantitative estimate of drug-likeness (QED) is 0.937. The van der Waals surface area contributed by atoms with E-state index in [0.717, 1.165) is 17.9 Å². The number of amides is 1. The lowest BCUT2D eigenvalue weighted by atomic mass is 9.95. The molecule has 0 unspecified atom stereocenters. The molecule has 2 aliphatic rings. The van der Waals surface area contributed by atoms with Gasteiger partial charge in [-0.05, 0) is 43.2 Å². The van der Waals surface area contributed by atoms with Crippen molar-refractivity contribution in [3.8, 4) is 11.4 Å². The van der Waals surface area contributed by atoms with Crippen molar-refractivity contribution in [1.29, 1.82) is 0 Å². The molecule has 6 heteroatoms. The van der Waals surface area contributed by atoms with E-state index in [2.05, 4.69) is 20.7 Å². The van der Waals surface area contributed by atoms with Gasteiger partial charge in [0, 0.05) is 11.6 Å². The first-order valence-corrected chi connectivity index (χ1v) is 8.31. The Morgan fingerprint density at radius 3 is 2.78 bits per heavy atom. The number of carbonyl (C=O) groups excluding carboxylic acids is 1. The number of fused-ring (bicyclic) bond motifs is 2. The van der Waals surface area contributed by atoms with Crippen LogP contribution >= 0.6 is 0 Å². The molecule has 6 nitrogen and oxygen atoms in total. The smallest absolute Gasteiger partial charge is 0.243 e. The van der Waals surface area contributed by atoms with E-state index in [4.69, 9.17) is 0 Å². The second-order valence-electron chi connectivity index (χ2n) is 6.86. The molecule has 1 aromatic heterocycles. The summed E-state index contributed by atoms with van der Waals surface area (Å²) in [6.45, 7) is 2.17. The molecular formula is C17H21N5O. The van der Waals surface area contributed by atoms with Crippen LogP contribution in [0.1, 0.15) is 31.2 Å². The van der Waals surface area contributed by atoms with Gasteiger partial charge in [-0.15, -0.1) is 10.2 Å². The van der Waals surface area contributed by atoms with Crippen LogP contribution in [0, 0.1) is 18.8 Å². The number of aryl methyl sites for hydroxylation is 1. The maximum atomic E-state index is 12.2. The maximum absolute atomic E-state index is 12.2. The second-order valence-corrected chi connectivity index (χ2v) is 6.86. The fourth-order valence-corrected chi connectivity index (χ4v) is 3.93. The molecule has 4 rings (SSSR count). The van der Waals surface area contributed by atoms with Crippen LogP contribution in [0.4, 0.5) is 0 Å². The Bertz CT molecular complexity index is 708. The Hall–Kier alpha value is -2.24. The van der Waals surface area contributed by atoms with E-state index in [9.17, 15) is 4.79 Å². The molecule has 2 aromatic rings. The fraction of sp³-hybridized carbons (Fsp3) is 0.529. The lowest BCUT2D eigenvalue weighted by molar-refractivity contribution is -0.123. The van der Waals surface area contributed by atoms with Crippen LogP contribution in [0.2, 0.25) is 0 Å². The molecule has 2 aliphatic carbocycles. The minimum Gasteiger partial charge on any atom is -0.351 e. The molecule has 23 heavy (non-hydrogen) atoms. The molecule has 0 radical (unpaired) electrons. The van der Waals surface area contributed by atoms with Crippen molar-refractivity contribution < 1.29 is 4.79 Å². The number of tetrazole rings is 1. The van der Waals surface area contributed by atoms with E-state index in [1.165, 1.54) is 29.6 Å². The molecule has 2 bridgehead atoms. The molecule has 1 aromatic carbocycles. The van der Waals surface area contributed by atoms with Crippen LogP contribution in [-0.2, 0) is 11.3 Å². The number of benzene rings is 1. The molecule has 2 fully saturated rings. The van der Waals surface area contributed by atoms with Gasteiger partial charge in [-0.25, -0.2) is 0 Å². The Morgan fingerprint density at radius 2 is 2.09 bits per heavy atom. The lowest BCUT2D eigenvalue weighted by Crippen LogP contribution is -2.40. The molecule has 2 saturated carbocycles. The van der Waals surface area contributed by atoms with E-state index in [-0.39, 0.29) is 12.5 Å². The highest BCUT2D eigenvalue weighted by Gasteiger charge is 2.40. The number of carbonyl (C=O) groups is 1. The predicted molar refractivity (Wildman–Crippen MR) is 85.4 cm³/mol. The number of hydrogen-bond donors (Lipinski definition) is 1. The summed E-state index contributed by atoms with van der Waals surface area (Å²) >= 11 is 0. The first kappa shape index (κ1) is 14.4. The van der Waals surface area contributed by atoms with Gasteiger partial charge < -0.3 is 5.32 Å². The normalized spacial score (nSPS) is 25.7. The first-order valence-electron chi connectivity index (χ1n) is 8.31. The zero-order chi connectivity index (χ0) is 15.8. The van der Waals surface area contributed by atoms with Crippen molar-refractivity contribution in [2.45, 2.75) is 45.2 Å². The van der Waals surface area contributed by atoms with E-state index < -0.39 is 0 Å². The van der Waals surface area contributed by atoms with Gasteiger partial charge in [-0.1, -0.05) is 36.2 Å². The molecule has 1 amide bonds. The fourth-order valence-electron chi connectivity index (χ4n) is 3.93. The summed E-state index contributed by atoms with van der Waals surface area (Å²) < 4.78 is 0. The highest BCUT2D eigenvalue weighted by Crippen LogP contribution is 2.44. The standard InChI is InChI=1S/C17H21N5O/c1-11-2-5-13(6-3-11)17-19-21-22(20-17)10-16(23)18-15-9-12-4-7-14(15)8-12/h2-3,5-6,12,14-15H,4,7-10H2,1H3,(H,18,23)/t12-,14+,15+/m0/s1. The minimum absolute atomic E-state index is 0.0181. The number of nitrogens with zero attached hydrogens (tertiary/aromatic N) is 4. The summed E-state index contributed by atoms with van der Waals surface area (Å²) in [5.74, 6) is 2.03. The number of rotatable bonds is 4. The van der Waals surface area contributed by atoms with E-state index in [1.54, 1.807) is 0 Å². The summed E-state index contributed by atoms with van der Waals surface area (Å²) in [5.41, 5.74) is 2.10. The summed E-state index contributed by atoms with van der Waals surface area (Å²) in [6, 6.07) is 8.30. The van der Waals surface area contributed by atoms with Gasteiger partial charge in [0.2, 0.25) is 11.7 Å². The monoisotopic (exact) mass is 311 g/mol. The minimum atomic E-state index is -0.0181. The molecule has 1 heterocycles. The van der Waals surface area contributed by atoms with Gasteiger partial charge in [0.1, 0.15) is 6.54 Å². The topological polar surface area (TPSA) is 72.7 Å². The van der Waals surface area contributed by atoms with Crippen molar-refractivity contribution >= 4 is 5.91 Å². The van der Waals surface area contributed by atoms with Crippen molar-refractivity contribution in [2.75, 3.05) is 0 Å². The number of hydrogen-bond acceptors (Lipinski definition) is 4. The van der Waals surface area contributed by atoms with Crippen molar-refractivity contribution in [3.63, 3.8) is 0 Å². The Kier molecular flexibility index (Phi) is 3.59. The highest BCUT2D eigenvalue weighted by atomic mass is 16.2. The van der Waals surface area contributed by atoms with Crippen LogP contribution in [0.3, 0.4) is 0 Å². The third-order valence-corrected chi connectivity index (χ3v) is 5.13. The van der Waals surface area contributed by atoms with Gasteiger partial charge >= 0.3 is 0 Å². The van der Waals surface area contributed by atoms with Gasteiger partial charge in [0.15, 0.2) is 0 Å². The average Bonchev–Trinajstić information content (AvgIpc) is 3.24. The molecule has 0 saturated heterocycles. The molecule has 0 spiro atoms. The summed E-state index contributed by atoms with van der Waals surface area (Å²) in [5, 5.41) is 15.5. The number of aromatic nitrogens is 4. The predicted octanol–water partition coefficient (Wildman–Crippen LogP) is 1.95. The molecule has 120 valence electrons. The van der Waals surface area contributed by atoms with Crippen LogP contribution in [0.5, 0.6) is 0 Å². The van der Waals surface area contributed by atoms with Crippen LogP contribution in [-0.4, -0.2) is 32.2 Å². The SMILES string of the molecule is Cc1ccc(-c2nnn(CC(=O)N[C@@H]3C[C@H]4CC[C@@H]3C4)n2)cc1. The zero-order valence-electron chi connectivity index (χ0n) is 13.3. The summed E-state index contributed by atoms with van der Waals surface area (Å²) in [6.07, 6.45) is 5.01. The third-order valence-electron chi connectivity index (χ3n) is 5.13. The molecular weight excluding hydrogens is 290 g/mol. The maximum Gasteiger partial charge on any atom is 0.243 e. The average molecular weight is 311 g/mol. The molecule has 1 N–H and O–H groups in total. The van der Waals surface area contributed by atoms with Gasteiger partial charge in [0.25, 0.3) is 0 Å². The third kappa shape index (κ3) is 2.98. The summed E-state index contributed by atoms with van der Waals surface area (Å²) in [7, 11) is 0. The van der Waals surface area contributed by atoms with Gasteiger partial charge in [0.05, 0.1) is 0 Å². The van der Waals surface area contributed by atoms with Crippen LogP contribution in [0.25, 0.3) is 11.4 Å². The Balaban J connectivity index is 1.37. The van der Waals surface area contributed by atoms with Gasteiger partial charge in [-0.2, -0.15) is 4.80 Å². The van der Waals surface area contributed by atoms with Crippen molar-refractivity contribution in [2.24, 2.45) is 11.8 Å². The van der Waals surface area contributed by atoms with Gasteiger partial charge in [-0.3, -0.25) is 4.79 Å². The van der Waals surface area contributed by atoms with Crippen LogP contribution < -0.4 is 5.32 Å². The van der Waals surface area contributed by atoms with Crippen molar-refractivity contribution in [3.05, 3.63) is 29.8 Å². The number of nitrogens with one attached hydrogen (secondary N) is 1. The van der Waals surface area contributed by atoms with E-state index in [1.807, 2.05) is 31.2 Å². The Morgan fingerprint density at radius 1 is 1.26 bits per heavy atom. The lowest BCUT2D eigenvalue weighted by Gasteiger charge is -2.22. The zero-order valence-corrected chi connectivity index (χ0v) is 13.3. The highest BCUT2D eigenvalue weighted by molar-refractivity contribution is 5.76. The largest absolute Gasteiger partial charge is 0.351 e.